The van der Waals surface area contributed by atoms with Gasteiger partial charge in [0.25, 0.3) is 5.69 Å². The average molecular weight is 402 g/mol. The van der Waals surface area contributed by atoms with Gasteiger partial charge in [0, 0.05) is 42.6 Å². The zero-order chi connectivity index (χ0) is 21.4. The molecule has 2 aromatic carbocycles. The number of non-ortho nitro benzene ring substituents is 1. The lowest BCUT2D eigenvalue weighted by molar-refractivity contribution is -0.384. The van der Waals surface area contributed by atoms with Crippen LogP contribution in [-0.2, 0) is 16.1 Å². The largest absolute Gasteiger partial charge is 0.496 e. The highest BCUT2D eigenvalue weighted by Crippen LogP contribution is 2.25. The molecule has 0 saturated heterocycles. The molecule has 1 N–H and O–H groups in total. The summed E-state index contributed by atoms with van der Waals surface area (Å²) in [5, 5.41) is 14.1. The molecule has 0 aliphatic heterocycles. The fourth-order valence-electron chi connectivity index (χ4n) is 2.59. The molecule has 0 heterocycles. The molecular weight excluding hydrogens is 380 g/mol. The van der Waals surface area contributed by atoms with Crippen molar-refractivity contribution in [1.82, 2.24) is 0 Å². The van der Waals surface area contributed by atoms with Crippen LogP contribution in [0.5, 0.6) is 5.75 Å². The Balaban J connectivity index is 2.25. The number of benzene rings is 2. The molecule has 0 atom stereocenters. The van der Waals surface area contributed by atoms with Crippen LogP contribution in [0.4, 0.5) is 11.4 Å². The second-order valence-electron chi connectivity index (χ2n) is 6.07. The van der Waals surface area contributed by atoms with Crippen LogP contribution in [0.2, 0.25) is 0 Å². The average Bonchev–Trinajstić information content (AvgIpc) is 2.71. The number of rotatable bonds is 10. The van der Waals surface area contributed by atoms with E-state index in [1.165, 1.54) is 33.3 Å². The number of nitro groups is 1. The summed E-state index contributed by atoms with van der Waals surface area (Å²) in [5.74, 6) is -0.423. The van der Waals surface area contributed by atoms with E-state index in [1.807, 2.05) is 0 Å². The molecule has 0 spiro atoms. The second-order valence-corrected chi connectivity index (χ2v) is 6.07. The van der Waals surface area contributed by atoms with Gasteiger partial charge in [-0.05, 0) is 31.2 Å². The lowest BCUT2D eigenvalue weighted by atomic mass is 10.1. The first-order valence-electron chi connectivity index (χ1n) is 8.73. The molecule has 0 bridgehead atoms. The Labute approximate surface area is 167 Å². The number of carbonyl (C=O) groups is 2. The maximum absolute atomic E-state index is 12.6. The van der Waals surface area contributed by atoms with Crippen LogP contribution in [0.15, 0.2) is 36.4 Å². The summed E-state index contributed by atoms with van der Waals surface area (Å²) in [4.78, 5) is 34.7. The topological polar surface area (TPSA) is 117 Å². The number of hydrogen-bond donors (Lipinski definition) is 1. The summed E-state index contributed by atoms with van der Waals surface area (Å²) < 4.78 is 15.5. The highest BCUT2D eigenvalue weighted by molar-refractivity contribution is 5.96. The van der Waals surface area contributed by atoms with E-state index in [1.54, 1.807) is 18.2 Å². The van der Waals surface area contributed by atoms with Crippen molar-refractivity contribution in [1.29, 1.82) is 0 Å². The maximum atomic E-state index is 12.6. The summed E-state index contributed by atoms with van der Waals surface area (Å²) >= 11 is 0. The van der Waals surface area contributed by atoms with E-state index in [2.05, 4.69) is 5.32 Å². The van der Waals surface area contributed by atoms with Crippen molar-refractivity contribution >= 4 is 23.1 Å². The van der Waals surface area contributed by atoms with Crippen molar-refractivity contribution in [2.24, 2.45) is 0 Å². The first-order chi connectivity index (χ1) is 13.9. The van der Waals surface area contributed by atoms with Crippen molar-refractivity contribution in [3.8, 4) is 5.75 Å². The van der Waals surface area contributed by atoms with Gasteiger partial charge in [0.1, 0.15) is 12.4 Å². The zero-order valence-electron chi connectivity index (χ0n) is 16.4. The molecule has 2 rings (SSSR count). The number of nitrogens with one attached hydrogen (secondary N) is 1. The van der Waals surface area contributed by atoms with Gasteiger partial charge >= 0.3 is 5.97 Å². The lowest BCUT2D eigenvalue weighted by Crippen LogP contribution is -2.14. The number of Topliss-reactive ketones (excluding diaryl/α,β-unsaturated/α-hetero) is 1. The predicted octanol–water partition coefficient (Wildman–Crippen LogP) is 3.22. The Hall–Kier alpha value is -3.46. The molecular formula is C20H22N2O7. The standard InChI is InChI=1S/C20H22N2O7/c1-13(23)14-4-7-19(28-3)15(10-14)12-29-20(24)17-11-16(22(25)26)5-6-18(17)21-8-9-27-2/h4-7,10-11,21H,8-9,12H2,1-3H3. The van der Waals surface area contributed by atoms with Crippen LogP contribution in [0.25, 0.3) is 0 Å². The molecule has 9 heteroatoms. The number of anilines is 1. The molecule has 2 aromatic rings. The minimum Gasteiger partial charge on any atom is -0.496 e. The number of nitrogens with zero attached hydrogens (tertiary/aromatic N) is 1. The van der Waals surface area contributed by atoms with Gasteiger partial charge < -0.3 is 19.5 Å². The van der Waals surface area contributed by atoms with Crippen LogP contribution in [0.3, 0.4) is 0 Å². The Kier molecular flexibility index (Phi) is 7.67. The van der Waals surface area contributed by atoms with Crippen LogP contribution in [0.1, 0.15) is 33.2 Å². The van der Waals surface area contributed by atoms with Gasteiger partial charge in [-0.3, -0.25) is 14.9 Å². The first kappa shape index (κ1) is 21.8. The molecule has 9 nitrogen and oxygen atoms in total. The van der Waals surface area contributed by atoms with Crippen LogP contribution < -0.4 is 10.1 Å². The third-order valence-electron chi connectivity index (χ3n) is 4.10. The molecule has 0 aliphatic rings. The normalized spacial score (nSPS) is 10.3. The Morgan fingerprint density at radius 2 is 1.90 bits per heavy atom. The van der Waals surface area contributed by atoms with Gasteiger partial charge in [-0.1, -0.05) is 0 Å². The van der Waals surface area contributed by atoms with Crippen LogP contribution >= 0.6 is 0 Å². The smallest absolute Gasteiger partial charge is 0.340 e. The van der Waals surface area contributed by atoms with Crippen molar-refractivity contribution in [3.05, 3.63) is 63.2 Å². The second kappa shape index (κ2) is 10.2. The van der Waals surface area contributed by atoms with Crippen molar-refractivity contribution in [3.63, 3.8) is 0 Å². The Bertz CT molecular complexity index is 912. The Morgan fingerprint density at radius 3 is 2.52 bits per heavy atom. The number of methoxy groups -OCH3 is 2. The van der Waals surface area contributed by atoms with Gasteiger partial charge in [-0.15, -0.1) is 0 Å². The molecule has 0 radical (unpaired) electrons. The Morgan fingerprint density at radius 1 is 1.14 bits per heavy atom. The quantitative estimate of drug-likeness (QED) is 0.212. The van der Waals surface area contributed by atoms with Gasteiger partial charge in [0.15, 0.2) is 5.78 Å². The van der Waals surface area contributed by atoms with E-state index >= 15 is 0 Å². The maximum Gasteiger partial charge on any atom is 0.340 e. The molecule has 0 amide bonds. The van der Waals surface area contributed by atoms with Crippen molar-refractivity contribution < 1.29 is 28.7 Å². The molecule has 154 valence electrons. The van der Waals surface area contributed by atoms with Gasteiger partial charge in [0.05, 0.1) is 24.2 Å². The summed E-state index contributed by atoms with van der Waals surface area (Å²) in [6, 6.07) is 8.71. The fraction of sp³-hybridized carbons (Fsp3) is 0.300. The van der Waals surface area contributed by atoms with E-state index in [-0.39, 0.29) is 23.6 Å². The predicted molar refractivity (Wildman–Crippen MR) is 106 cm³/mol. The summed E-state index contributed by atoms with van der Waals surface area (Å²) in [5.41, 5.74) is 1.14. The summed E-state index contributed by atoms with van der Waals surface area (Å²) in [6.45, 7) is 2.06. The number of ether oxygens (including phenoxy) is 3. The third-order valence-corrected chi connectivity index (χ3v) is 4.10. The van der Waals surface area contributed by atoms with E-state index < -0.39 is 10.9 Å². The number of hydrogen-bond acceptors (Lipinski definition) is 8. The highest BCUT2D eigenvalue weighted by Gasteiger charge is 2.19. The van der Waals surface area contributed by atoms with Gasteiger partial charge in [0.2, 0.25) is 0 Å². The third kappa shape index (κ3) is 5.76. The SMILES string of the molecule is COCCNc1ccc([N+](=O)[O-])cc1C(=O)OCc1cc(C(C)=O)ccc1OC. The molecule has 0 aromatic heterocycles. The highest BCUT2D eigenvalue weighted by atomic mass is 16.6. The molecule has 29 heavy (non-hydrogen) atoms. The molecule has 0 fully saturated rings. The van der Waals surface area contributed by atoms with Gasteiger partial charge in [-0.25, -0.2) is 4.79 Å². The number of nitro benzene ring substituents is 1. The minimum atomic E-state index is -0.746. The van der Waals surface area contributed by atoms with E-state index in [9.17, 15) is 19.7 Å². The number of esters is 1. The van der Waals surface area contributed by atoms with Crippen LogP contribution in [0, 0.1) is 10.1 Å². The van der Waals surface area contributed by atoms with E-state index in [0.717, 1.165) is 6.07 Å². The summed E-state index contributed by atoms with van der Waals surface area (Å²) in [7, 11) is 3.00. The van der Waals surface area contributed by atoms with Gasteiger partial charge in [-0.2, -0.15) is 0 Å². The van der Waals surface area contributed by atoms with E-state index in [0.29, 0.717) is 35.7 Å². The monoisotopic (exact) mass is 402 g/mol. The van der Waals surface area contributed by atoms with Crippen molar-refractivity contribution in [2.75, 3.05) is 32.7 Å². The summed E-state index contributed by atoms with van der Waals surface area (Å²) in [6.07, 6.45) is 0. The first-order valence-corrected chi connectivity index (χ1v) is 8.73. The molecule has 0 aliphatic carbocycles. The zero-order valence-corrected chi connectivity index (χ0v) is 16.4. The van der Waals surface area contributed by atoms with Crippen LogP contribution in [-0.4, -0.2) is 44.0 Å². The van der Waals surface area contributed by atoms with Crippen molar-refractivity contribution in [2.45, 2.75) is 13.5 Å². The number of ketones is 1. The minimum absolute atomic E-state index is 0.0250. The number of carbonyl (C=O) groups excluding carboxylic acids is 2. The fourth-order valence-corrected chi connectivity index (χ4v) is 2.59. The van der Waals surface area contributed by atoms with E-state index in [4.69, 9.17) is 14.2 Å². The molecule has 0 saturated carbocycles. The lowest BCUT2D eigenvalue weighted by Gasteiger charge is -2.13. The molecule has 0 unspecified atom stereocenters.